The van der Waals surface area contributed by atoms with E-state index in [1.165, 1.54) is 4.90 Å². The molecule has 1 rings (SSSR count). The molecule has 1 aliphatic heterocycles. The van der Waals surface area contributed by atoms with Crippen LogP contribution in [-0.4, -0.2) is 39.9 Å². The smallest absolute Gasteiger partial charge is 0.407 e. The van der Waals surface area contributed by atoms with E-state index in [4.69, 9.17) is 10.2 Å². The molecule has 0 aromatic carbocycles. The molecule has 0 aromatic heterocycles. The first-order valence-corrected chi connectivity index (χ1v) is 3.29. The molecule has 0 bridgehead atoms. The quantitative estimate of drug-likeness (QED) is 0.509. The van der Waals surface area contributed by atoms with E-state index in [0.29, 0.717) is 6.42 Å². The van der Waals surface area contributed by atoms with Crippen molar-refractivity contribution in [2.24, 2.45) is 0 Å². The topological polar surface area (TPSA) is 60.8 Å². The highest BCUT2D eigenvalue weighted by Crippen LogP contribution is 2.16. The second-order valence-electron chi connectivity index (χ2n) is 2.67. The number of aliphatic hydroxyl groups is 1. The number of likely N-dealkylation sites (tertiary alicyclic amines) is 1. The van der Waals surface area contributed by atoms with Crippen molar-refractivity contribution in [1.29, 1.82) is 0 Å². The summed E-state index contributed by atoms with van der Waals surface area (Å²) < 4.78 is 0. The van der Waals surface area contributed by atoms with Gasteiger partial charge in [-0.05, 0) is 13.3 Å². The first-order valence-electron chi connectivity index (χ1n) is 3.29. The van der Waals surface area contributed by atoms with Gasteiger partial charge in [0.05, 0.1) is 12.6 Å². The molecule has 2 atom stereocenters. The monoisotopic (exact) mass is 145 g/mol. The summed E-state index contributed by atoms with van der Waals surface area (Å²) in [6, 6.07) is -0.0347. The van der Waals surface area contributed by atoms with E-state index >= 15 is 0 Å². The van der Waals surface area contributed by atoms with Crippen molar-refractivity contribution in [3.8, 4) is 0 Å². The SMILES string of the molecule is C[C@@H]1C[C@@H](O)CN1C(=O)O. The number of nitrogens with zero attached hydrogens (tertiary/aromatic N) is 1. The Morgan fingerprint density at radius 2 is 2.30 bits per heavy atom. The standard InChI is InChI=1S/C6H11NO3/c1-4-2-5(8)3-7(4)6(9)10/h4-5,8H,2-3H2,1H3,(H,9,10)/t4-,5-/m1/s1. The minimum atomic E-state index is -0.941. The summed E-state index contributed by atoms with van der Waals surface area (Å²) in [6.07, 6.45) is -0.845. The Balaban J connectivity index is 2.54. The van der Waals surface area contributed by atoms with Gasteiger partial charge in [-0.3, -0.25) is 0 Å². The van der Waals surface area contributed by atoms with E-state index < -0.39 is 12.2 Å². The van der Waals surface area contributed by atoms with Crippen LogP contribution in [0.1, 0.15) is 13.3 Å². The molecule has 1 saturated heterocycles. The molecule has 0 aliphatic carbocycles. The van der Waals surface area contributed by atoms with E-state index in [9.17, 15) is 4.79 Å². The summed E-state index contributed by atoms with van der Waals surface area (Å²) in [4.78, 5) is 11.6. The lowest BCUT2D eigenvalue weighted by Gasteiger charge is -2.15. The molecule has 4 nitrogen and oxygen atoms in total. The fourth-order valence-corrected chi connectivity index (χ4v) is 1.27. The number of amides is 1. The molecule has 1 fully saturated rings. The minimum absolute atomic E-state index is 0.0347. The molecular formula is C6H11NO3. The van der Waals surface area contributed by atoms with Gasteiger partial charge >= 0.3 is 6.09 Å². The molecule has 0 saturated carbocycles. The van der Waals surface area contributed by atoms with E-state index in [1.54, 1.807) is 6.92 Å². The number of carbonyl (C=O) groups is 1. The van der Waals surface area contributed by atoms with E-state index in [2.05, 4.69) is 0 Å². The Labute approximate surface area is 59.1 Å². The van der Waals surface area contributed by atoms with Crippen LogP contribution in [0.4, 0.5) is 4.79 Å². The molecule has 0 radical (unpaired) electrons. The summed E-state index contributed by atoms with van der Waals surface area (Å²) in [6.45, 7) is 2.06. The maximum Gasteiger partial charge on any atom is 0.407 e. The Bertz CT molecular complexity index is 148. The third-order valence-corrected chi connectivity index (χ3v) is 1.80. The Morgan fingerprint density at radius 3 is 2.50 bits per heavy atom. The lowest BCUT2D eigenvalue weighted by Crippen LogP contribution is -2.32. The van der Waals surface area contributed by atoms with Crippen LogP contribution in [0.25, 0.3) is 0 Å². The van der Waals surface area contributed by atoms with Gasteiger partial charge in [0, 0.05) is 6.04 Å². The van der Waals surface area contributed by atoms with Crippen LogP contribution in [0, 0.1) is 0 Å². The van der Waals surface area contributed by atoms with Crippen LogP contribution in [0.2, 0.25) is 0 Å². The lowest BCUT2D eigenvalue weighted by molar-refractivity contribution is 0.133. The summed E-state index contributed by atoms with van der Waals surface area (Å²) in [5.41, 5.74) is 0. The van der Waals surface area contributed by atoms with Crippen LogP contribution in [0.15, 0.2) is 0 Å². The molecule has 1 aliphatic rings. The lowest BCUT2D eigenvalue weighted by atomic mass is 10.2. The van der Waals surface area contributed by atoms with Crippen molar-refractivity contribution in [1.82, 2.24) is 4.90 Å². The Morgan fingerprint density at radius 1 is 1.70 bits per heavy atom. The van der Waals surface area contributed by atoms with Crippen LogP contribution >= 0.6 is 0 Å². The van der Waals surface area contributed by atoms with Gasteiger partial charge in [-0.25, -0.2) is 4.79 Å². The maximum absolute atomic E-state index is 10.4. The van der Waals surface area contributed by atoms with E-state index in [-0.39, 0.29) is 12.6 Å². The third-order valence-electron chi connectivity index (χ3n) is 1.80. The summed E-state index contributed by atoms with van der Waals surface area (Å²) in [5.74, 6) is 0. The first kappa shape index (κ1) is 7.34. The predicted molar refractivity (Wildman–Crippen MR) is 34.8 cm³/mol. The number of aliphatic hydroxyl groups excluding tert-OH is 1. The molecule has 4 heteroatoms. The van der Waals surface area contributed by atoms with Crippen LogP contribution in [0.3, 0.4) is 0 Å². The van der Waals surface area contributed by atoms with Crippen LogP contribution < -0.4 is 0 Å². The second-order valence-corrected chi connectivity index (χ2v) is 2.67. The Hall–Kier alpha value is -0.770. The average Bonchev–Trinajstić information content (AvgIpc) is 2.10. The zero-order chi connectivity index (χ0) is 7.72. The number of β-amino-alcohol motifs (C(OH)–C–C–N with tert-alkyl or cyclic N) is 1. The number of hydrogen-bond acceptors (Lipinski definition) is 2. The second kappa shape index (κ2) is 2.46. The molecule has 1 heterocycles. The molecule has 0 spiro atoms. The molecule has 10 heavy (non-hydrogen) atoms. The van der Waals surface area contributed by atoms with E-state index in [0.717, 1.165) is 0 Å². The number of carboxylic acid groups (broad SMARTS) is 1. The molecular weight excluding hydrogens is 134 g/mol. The van der Waals surface area contributed by atoms with Gasteiger partial charge in [0.1, 0.15) is 0 Å². The predicted octanol–water partition coefficient (Wildman–Crippen LogP) is 0.120. The van der Waals surface area contributed by atoms with Gasteiger partial charge in [0.25, 0.3) is 0 Å². The molecule has 58 valence electrons. The minimum Gasteiger partial charge on any atom is -0.465 e. The largest absolute Gasteiger partial charge is 0.465 e. The zero-order valence-electron chi connectivity index (χ0n) is 5.82. The molecule has 0 aromatic rings. The Kier molecular flexibility index (Phi) is 1.80. The van der Waals surface area contributed by atoms with Gasteiger partial charge in [-0.2, -0.15) is 0 Å². The normalized spacial score (nSPS) is 32.8. The van der Waals surface area contributed by atoms with Crippen molar-refractivity contribution in [3.63, 3.8) is 0 Å². The highest BCUT2D eigenvalue weighted by Gasteiger charge is 2.30. The van der Waals surface area contributed by atoms with Crippen LogP contribution in [0.5, 0.6) is 0 Å². The fraction of sp³-hybridized carbons (Fsp3) is 0.833. The van der Waals surface area contributed by atoms with Crippen LogP contribution in [-0.2, 0) is 0 Å². The van der Waals surface area contributed by atoms with Gasteiger partial charge in [-0.1, -0.05) is 0 Å². The molecule has 2 N–H and O–H groups in total. The van der Waals surface area contributed by atoms with Crippen molar-refractivity contribution < 1.29 is 15.0 Å². The first-order chi connectivity index (χ1) is 4.61. The zero-order valence-corrected chi connectivity index (χ0v) is 5.82. The molecule has 0 unspecified atom stereocenters. The summed E-state index contributed by atoms with van der Waals surface area (Å²) >= 11 is 0. The van der Waals surface area contributed by atoms with E-state index in [1.807, 2.05) is 0 Å². The van der Waals surface area contributed by atoms with Crippen molar-refractivity contribution in [3.05, 3.63) is 0 Å². The third kappa shape index (κ3) is 1.21. The van der Waals surface area contributed by atoms with Gasteiger partial charge < -0.3 is 15.1 Å². The van der Waals surface area contributed by atoms with Gasteiger partial charge in [0.15, 0.2) is 0 Å². The van der Waals surface area contributed by atoms with Crippen molar-refractivity contribution in [2.45, 2.75) is 25.5 Å². The fourth-order valence-electron chi connectivity index (χ4n) is 1.27. The van der Waals surface area contributed by atoms with Gasteiger partial charge in [-0.15, -0.1) is 0 Å². The number of rotatable bonds is 0. The summed E-state index contributed by atoms with van der Waals surface area (Å²) in [7, 11) is 0. The maximum atomic E-state index is 10.4. The molecule has 1 amide bonds. The highest BCUT2D eigenvalue weighted by atomic mass is 16.4. The van der Waals surface area contributed by atoms with Crippen molar-refractivity contribution in [2.75, 3.05) is 6.54 Å². The van der Waals surface area contributed by atoms with Crippen molar-refractivity contribution >= 4 is 6.09 Å². The highest BCUT2D eigenvalue weighted by molar-refractivity contribution is 5.65. The summed E-state index contributed by atoms with van der Waals surface area (Å²) in [5, 5.41) is 17.5. The number of hydrogen-bond donors (Lipinski definition) is 2. The van der Waals surface area contributed by atoms with Gasteiger partial charge in [0.2, 0.25) is 0 Å². The average molecular weight is 145 g/mol.